The Kier molecular flexibility index (Phi) is 10.1. The number of likely N-dealkylation sites (N-methyl/N-ethyl adjacent to an activating group) is 1. The van der Waals surface area contributed by atoms with Gasteiger partial charge in [0, 0.05) is 12.6 Å². The molecule has 0 heterocycles. The molecule has 0 aliphatic carbocycles. The van der Waals surface area contributed by atoms with Crippen molar-refractivity contribution in [3.8, 4) is 0 Å². The van der Waals surface area contributed by atoms with E-state index in [0.29, 0.717) is 18.6 Å². The molecule has 0 spiro atoms. The van der Waals surface area contributed by atoms with Crippen molar-refractivity contribution in [1.29, 1.82) is 0 Å². The summed E-state index contributed by atoms with van der Waals surface area (Å²) in [6.07, 6.45) is 1.53. The van der Waals surface area contributed by atoms with Gasteiger partial charge in [-0.1, -0.05) is 26.8 Å². The van der Waals surface area contributed by atoms with Crippen LogP contribution in [0.25, 0.3) is 0 Å². The largest absolute Gasteiger partial charge is 0.463 e. The molecule has 0 aromatic rings. The summed E-state index contributed by atoms with van der Waals surface area (Å²) in [4.78, 5) is 38.4. The van der Waals surface area contributed by atoms with E-state index in [4.69, 9.17) is 9.47 Å². The van der Waals surface area contributed by atoms with Crippen molar-refractivity contribution in [3.05, 3.63) is 11.6 Å². The molecule has 7 nitrogen and oxygen atoms in total. The molecular weight excluding hydrogens is 348 g/mol. The van der Waals surface area contributed by atoms with E-state index in [1.807, 2.05) is 20.8 Å². The molecule has 27 heavy (non-hydrogen) atoms. The molecule has 2 atom stereocenters. The third-order valence-corrected chi connectivity index (χ3v) is 3.89. The number of alkyl carbamates (subject to hydrolysis) is 1. The summed E-state index contributed by atoms with van der Waals surface area (Å²) in [5, 5.41) is 2.63. The van der Waals surface area contributed by atoms with Crippen LogP contribution in [0.5, 0.6) is 0 Å². The summed E-state index contributed by atoms with van der Waals surface area (Å²) in [6.45, 7) is 14.7. The Hall–Kier alpha value is -2.05. The minimum Gasteiger partial charge on any atom is -0.463 e. The van der Waals surface area contributed by atoms with Crippen LogP contribution in [0.4, 0.5) is 4.79 Å². The van der Waals surface area contributed by atoms with Gasteiger partial charge in [-0.3, -0.25) is 4.79 Å². The van der Waals surface area contributed by atoms with E-state index in [1.54, 1.807) is 52.6 Å². The lowest BCUT2D eigenvalue weighted by molar-refractivity contribution is -0.139. The predicted molar refractivity (Wildman–Crippen MR) is 105 cm³/mol. The van der Waals surface area contributed by atoms with Crippen LogP contribution in [-0.2, 0) is 19.1 Å². The van der Waals surface area contributed by atoms with Gasteiger partial charge in [-0.15, -0.1) is 0 Å². The van der Waals surface area contributed by atoms with E-state index in [0.717, 1.165) is 0 Å². The second kappa shape index (κ2) is 10.9. The summed E-state index contributed by atoms with van der Waals surface area (Å²) < 4.78 is 10.2. The van der Waals surface area contributed by atoms with Crippen molar-refractivity contribution in [2.24, 2.45) is 5.92 Å². The Morgan fingerprint density at radius 2 is 1.70 bits per heavy atom. The molecule has 0 aromatic heterocycles. The average molecular weight is 385 g/mol. The lowest BCUT2D eigenvalue weighted by Crippen LogP contribution is -2.51. The molecule has 0 aromatic carbocycles. The van der Waals surface area contributed by atoms with Gasteiger partial charge in [-0.25, -0.2) is 9.59 Å². The zero-order valence-corrected chi connectivity index (χ0v) is 18.2. The van der Waals surface area contributed by atoms with Crippen molar-refractivity contribution >= 4 is 18.0 Å². The van der Waals surface area contributed by atoms with Gasteiger partial charge in [-0.2, -0.15) is 0 Å². The fourth-order valence-electron chi connectivity index (χ4n) is 2.50. The first-order valence-electron chi connectivity index (χ1n) is 9.45. The Bertz CT molecular complexity index is 549. The second-order valence-electron chi connectivity index (χ2n) is 7.86. The van der Waals surface area contributed by atoms with E-state index in [-0.39, 0.29) is 17.9 Å². The van der Waals surface area contributed by atoms with E-state index in [1.165, 1.54) is 0 Å². The molecule has 0 unspecified atom stereocenters. The van der Waals surface area contributed by atoms with Gasteiger partial charge in [0.15, 0.2) is 0 Å². The summed E-state index contributed by atoms with van der Waals surface area (Å²) in [5.41, 5.74) is -0.194. The number of nitrogens with zero attached hydrogens (tertiary/aromatic N) is 1. The zero-order valence-electron chi connectivity index (χ0n) is 18.2. The molecule has 0 saturated carbocycles. The monoisotopic (exact) mass is 384 g/mol. The highest BCUT2D eigenvalue weighted by Crippen LogP contribution is 2.16. The highest BCUT2D eigenvalue weighted by molar-refractivity contribution is 5.88. The Morgan fingerprint density at radius 1 is 1.15 bits per heavy atom. The maximum Gasteiger partial charge on any atom is 0.408 e. The molecule has 7 heteroatoms. The summed E-state index contributed by atoms with van der Waals surface area (Å²) in [7, 11) is 1.67. The van der Waals surface area contributed by atoms with E-state index < -0.39 is 23.7 Å². The standard InChI is InChI=1S/C20H36N2O5/c1-10-15(21-19(25)27-20(6,7)8)17(23)22(9)16(13(3)4)12-14(5)18(24)26-11-2/h12-13,15-16H,10-11H2,1-9H3,(H,21,25)/b14-12+/t15-,16+/m0/s1. The molecule has 0 bridgehead atoms. The van der Waals surface area contributed by atoms with Crippen LogP contribution >= 0.6 is 0 Å². The number of amides is 2. The topological polar surface area (TPSA) is 84.9 Å². The van der Waals surface area contributed by atoms with Crippen molar-refractivity contribution in [3.63, 3.8) is 0 Å². The molecule has 0 radical (unpaired) electrons. The molecule has 0 rings (SSSR count). The summed E-state index contributed by atoms with van der Waals surface area (Å²) in [6, 6.07) is -1.02. The zero-order chi connectivity index (χ0) is 21.4. The van der Waals surface area contributed by atoms with E-state index in [9.17, 15) is 14.4 Å². The third-order valence-electron chi connectivity index (χ3n) is 3.89. The molecule has 0 fully saturated rings. The van der Waals surface area contributed by atoms with Crippen molar-refractivity contribution in [2.75, 3.05) is 13.7 Å². The fraction of sp³-hybridized carbons (Fsp3) is 0.750. The molecule has 0 aliphatic heterocycles. The molecular formula is C20H36N2O5. The average Bonchev–Trinajstić information content (AvgIpc) is 2.54. The van der Waals surface area contributed by atoms with Gasteiger partial charge in [0.1, 0.15) is 11.6 Å². The number of hydrogen-bond donors (Lipinski definition) is 1. The number of rotatable bonds is 8. The van der Waals surface area contributed by atoms with Crippen LogP contribution in [0.1, 0.15) is 61.8 Å². The van der Waals surface area contributed by atoms with Crippen LogP contribution in [-0.4, -0.2) is 54.2 Å². The first-order chi connectivity index (χ1) is 12.3. The van der Waals surface area contributed by atoms with Crippen LogP contribution in [0, 0.1) is 5.92 Å². The number of hydrogen-bond acceptors (Lipinski definition) is 5. The predicted octanol–water partition coefficient (Wildman–Crippen LogP) is 3.28. The van der Waals surface area contributed by atoms with Gasteiger partial charge in [0.05, 0.1) is 12.6 Å². The van der Waals surface area contributed by atoms with Gasteiger partial charge < -0.3 is 19.7 Å². The number of nitrogens with one attached hydrogen (secondary N) is 1. The second-order valence-corrected chi connectivity index (χ2v) is 7.86. The maximum absolute atomic E-state index is 12.9. The lowest BCUT2D eigenvalue weighted by atomic mass is 9.99. The quantitative estimate of drug-likeness (QED) is 0.513. The molecule has 0 aliphatic rings. The van der Waals surface area contributed by atoms with Gasteiger partial charge >= 0.3 is 12.1 Å². The van der Waals surface area contributed by atoms with Crippen LogP contribution in [0.3, 0.4) is 0 Å². The van der Waals surface area contributed by atoms with Gasteiger partial charge in [0.2, 0.25) is 5.91 Å². The normalized spacial score (nSPS) is 14.4. The van der Waals surface area contributed by atoms with Gasteiger partial charge in [-0.05, 0) is 47.0 Å². The SMILES string of the molecule is CCOC(=O)/C(C)=C/[C@H](C(C)C)N(C)C(=O)[C@H](CC)NC(=O)OC(C)(C)C. The van der Waals surface area contributed by atoms with Crippen LogP contribution in [0.2, 0.25) is 0 Å². The minimum absolute atomic E-state index is 0.0716. The first-order valence-corrected chi connectivity index (χ1v) is 9.45. The highest BCUT2D eigenvalue weighted by atomic mass is 16.6. The van der Waals surface area contributed by atoms with Crippen molar-refractivity contribution < 1.29 is 23.9 Å². The number of ether oxygens (including phenoxy) is 2. The summed E-state index contributed by atoms with van der Waals surface area (Å²) in [5.74, 6) is -0.569. The maximum atomic E-state index is 12.9. The van der Waals surface area contributed by atoms with Crippen LogP contribution < -0.4 is 5.32 Å². The van der Waals surface area contributed by atoms with E-state index in [2.05, 4.69) is 5.32 Å². The Balaban J connectivity index is 5.32. The molecule has 1 N–H and O–H groups in total. The highest BCUT2D eigenvalue weighted by Gasteiger charge is 2.29. The molecule has 2 amide bonds. The first kappa shape index (κ1) is 24.9. The number of esters is 1. The van der Waals surface area contributed by atoms with Crippen molar-refractivity contribution in [2.45, 2.75) is 79.5 Å². The van der Waals surface area contributed by atoms with Gasteiger partial charge in [0.25, 0.3) is 0 Å². The minimum atomic E-state index is -0.706. The van der Waals surface area contributed by atoms with Crippen LogP contribution in [0.15, 0.2) is 11.6 Å². The Labute approximate surface area is 163 Å². The number of carbonyl (C=O) groups is 3. The molecule has 156 valence electrons. The fourth-order valence-corrected chi connectivity index (χ4v) is 2.50. The lowest BCUT2D eigenvalue weighted by Gasteiger charge is -2.32. The smallest absolute Gasteiger partial charge is 0.408 e. The van der Waals surface area contributed by atoms with E-state index >= 15 is 0 Å². The summed E-state index contributed by atoms with van der Waals surface area (Å²) >= 11 is 0. The molecule has 0 saturated heterocycles. The third kappa shape index (κ3) is 8.93. The Morgan fingerprint density at radius 3 is 2.11 bits per heavy atom. The number of carbonyl (C=O) groups excluding carboxylic acids is 3. The van der Waals surface area contributed by atoms with Crippen molar-refractivity contribution in [1.82, 2.24) is 10.2 Å².